The fourth-order valence-electron chi connectivity index (χ4n) is 2.18. The molecular weight excluding hydrogens is 188 g/mol. The molecule has 1 amide bonds. The minimum Gasteiger partial charge on any atom is -0.349 e. The van der Waals surface area contributed by atoms with Crippen molar-refractivity contribution in [3.63, 3.8) is 0 Å². The molecule has 3 nitrogen and oxygen atoms in total. The van der Waals surface area contributed by atoms with Gasteiger partial charge in [-0.2, -0.15) is 0 Å². The Morgan fingerprint density at radius 3 is 2.93 bits per heavy atom. The minimum atomic E-state index is 0.145. The van der Waals surface area contributed by atoms with Crippen LogP contribution in [0, 0.1) is 11.8 Å². The summed E-state index contributed by atoms with van der Waals surface area (Å²) in [5, 5.41) is 3.02. The molecule has 1 fully saturated rings. The first-order chi connectivity index (χ1) is 7.18. The van der Waals surface area contributed by atoms with E-state index in [0.29, 0.717) is 18.3 Å². The molecule has 2 rings (SSSR count). The van der Waals surface area contributed by atoms with Crippen LogP contribution in [0.4, 0.5) is 0 Å². The summed E-state index contributed by atoms with van der Waals surface area (Å²) in [6.07, 6.45) is 4.23. The molecule has 0 aliphatic carbocycles. The van der Waals surface area contributed by atoms with Crippen molar-refractivity contribution in [2.75, 3.05) is 0 Å². The second-order valence-corrected chi connectivity index (χ2v) is 4.44. The summed E-state index contributed by atoms with van der Waals surface area (Å²) < 4.78 is 0. The molecule has 0 spiro atoms. The number of carbonyl (C=O) groups is 1. The van der Waals surface area contributed by atoms with Crippen molar-refractivity contribution in [2.45, 2.75) is 26.3 Å². The number of pyridine rings is 1. The van der Waals surface area contributed by atoms with E-state index < -0.39 is 0 Å². The van der Waals surface area contributed by atoms with Crippen molar-refractivity contribution in [1.82, 2.24) is 10.3 Å². The third-order valence-corrected chi connectivity index (χ3v) is 3.07. The van der Waals surface area contributed by atoms with E-state index in [1.54, 1.807) is 6.20 Å². The Kier molecular flexibility index (Phi) is 2.71. The van der Waals surface area contributed by atoms with Gasteiger partial charge in [0.15, 0.2) is 0 Å². The fourth-order valence-corrected chi connectivity index (χ4v) is 2.18. The van der Waals surface area contributed by atoms with Gasteiger partial charge in [-0.15, -0.1) is 0 Å². The van der Waals surface area contributed by atoms with E-state index in [4.69, 9.17) is 0 Å². The summed E-state index contributed by atoms with van der Waals surface area (Å²) in [4.78, 5) is 15.5. The van der Waals surface area contributed by atoms with E-state index in [2.05, 4.69) is 24.1 Å². The number of aromatic nitrogens is 1. The Labute approximate surface area is 89.9 Å². The van der Waals surface area contributed by atoms with Crippen LogP contribution in [-0.2, 0) is 4.79 Å². The number of hydrogen-bond donors (Lipinski definition) is 1. The summed E-state index contributed by atoms with van der Waals surface area (Å²) in [7, 11) is 0. The first-order valence-electron chi connectivity index (χ1n) is 5.38. The van der Waals surface area contributed by atoms with Gasteiger partial charge >= 0.3 is 0 Å². The van der Waals surface area contributed by atoms with Crippen molar-refractivity contribution < 1.29 is 4.79 Å². The number of hydrogen-bond acceptors (Lipinski definition) is 2. The highest BCUT2D eigenvalue weighted by atomic mass is 16.2. The lowest BCUT2D eigenvalue weighted by Gasteiger charge is -2.21. The van der Waals surface area contributed by atoms with Crippen LogP contribution in [0.25, 0.3) is 0 Å². The second kappa shape index (κ2) is 4.01. The van der Waals surface area contributed by atoms with Crippen LogP contribution in [0.2, 0.25) is 0 Å². The Morgan fingerprint density at radius 1 is 1.53 bits per heavy atom. The second-order valence-electron chi connectivity index (χ2n) is 4.44. The average molecular weight is 204 g/mol. The molecule has 1 saturated heterocycles. The Hall–Kier alpha value is -1.38. The summed E-state index contributed by atoms with van der Waals surface area (Å²) >= 11 is 0. The Balaban J connectivity index is 2.24. The molecule has 80 valence electrons. The third-order valence-electron chi connectivity index (χ3n) is 3.07. The molecule has 1 aliphatic rings. The van der Waals surface area contributed by atoms with Crippen molar-refractivity contribution >= 4 is 5.91 Å². The van der Waals surface area contributed by atoms with E-state index in [1.165, 1.54) is 0 Å². The van der Waals surface area contributed by atoms with Crippen LogP contribution in [0.1, 0.15) is 31.9 Å². The van der Waals surface area contributed by atoms with Crippen LogP contribution >= 0.6 is 0 Å². The van der Waals surface area contributed by atoms with Crippen LogP contribution < -0.4 is 5.32 Å². The number of nitrogens with one attached hydrogen (secondary N) is 1. The molecule has 1 N–H and O–H groups in total. The van der Waals surface area contributed by atoms with Gasteiger partial charge in [-0.25, -0.2) is 0 Å². The van der Waals surface area contributed by atoms with Gasteiger partial charge < -0.3 is 5.32 Å². The summed E-state index contributed by atoms with van der Waals surface area (Å²) in [5.74, 6) is 1.05. The third kappa shape index (κ3) is 2.01. The van der Waals surface area contributed by atoms with Crippen molar-refractivity contribution in [3.8, 4) is 0 Å². The minimum absolute atomic E-state index is 0.145. The Morgan fingerprint density at radius 2 is 2.33 bits per heavy atom. The highest BCUT2D eigenvalue weighted by molar-refractivity contribution is 5.79. The van der Waals surface area contributed by atoms with Crippen molar-refractivity contribution in [3.05, 3.63) is 30.1 Å². The molecule has 1 aliphatic heterocycles. The van der Waals surface area contributed by atoms with Crippen molar-refractivity contribution in [1.29, 1.82) is 0 Å². The number of amides is 1. The summed E-state index contributed by atoms with van der Waals surface area (Å²) in [5.41, 5.74) is 1.11. The van der Waals surface area contributed by atoms with Gasteiger partial charge in [0.25, 0.3) is 0 Å². The molecular formula is C12H16N2O. The molecule has 0 radical (unpaired) electrons. The lowest BCUT2D eigenvalue weighted by atomic mass is 9.86. The molecule has 0 unspecified atom stereocenters. The van der Waals surface area contributed by atoms with Crippen molar-refractivity contribution in [2.24, 2.45) is 11.8 Å². The van der Waals surface area contributed by atoms with Crippen LogP contribution in [-0.4, -0.2) is 10.9 Å². The standard InChI is InChI=1S/C12H16N2O/c1-8(2)10-6-11(15)14-12(10)9-4-3-5-13-7-9/h3-5,7-8,10,12H,6H2,1-2H3,(H,14,15)/t10-,12-/m1/s1. The topological polar surface area (TPSA) is 42.0 Å². The lowest BCUT2D eigenvalue weighted by Crippen LogP contribution is -2.22. The van der Waals surface area contributed by atoms with E-state index in [1.807, 2.05) is 18.3 Å². The molecule has 0 aromatic carbocycles. The van der Waals surface area contributed by atoms with Gasteiger partial charge in [0.2, 0.25) is 5.91 Å². The van der Waals surface area contributed by atoms with E-state index in [0.717, 1.165) is 5.56 Å². The average Bonchev–Trinajstić information content (AvgIpc) is 2.62. The maximum atomic E-state index is 11.4. The zero-order valence-electron chi connectivity index (χ0n) is 9.10. The molecule has 0 bridgehead atoms. The largest absolute Gasteiger partial charge is 0.349 e. The monoisotopic (exact) mass is 204 g/mol. The van der Waals surface area contributed by atoms with E-state index in [9.17, 15) is 4.79 Å². The van der Waals surface area contributed by atoms with Gasteiger partial charge in [0.05, 0.1) is 6.04 Å². The van der Waals surface area contributed by atoms with Gasteiger partial charge in [-0.1, -0.05) is 19.9 Å². The highest BCUT2D eigenvalue weighted by Gasteiger charge is 2.35. The molecule has 2 atom stereocenters. The van der Waals surface area contributed by atoms with Gasteiger partial charge in [0, 0.05) is 18.8 Å². The number of rotatable bonds is 2. The quantitative estimate of drug-likeness (QED) is 0.799. The van der Waals surface area contributed by atoms with Crippen LogP contribution in [0.3, 0.4) is 0 Å². The van der Waals surface area contributed by atoms with Crippen LogP contribution in [0.15, 0.2) is 24.5 Å². The molecule has 1 aromatic rings. The SMILES string of the molecule is CC(C)[C@H]1CC(=O)N[C@@H]1c1cccnc1. The van der Waals surface area contributed by atoms with E-state index in [-0.39, 0.29) is 11.9 Å². The highest BCUT2D eigenvalue weighted by Crippen LogP contribution is 2.34. The molecule has 3 heteroatoms. The summed E-state index contributed by atoms with van der Waals surface area (Å²) in [6, 6.07) is 4.08. The predicted molar refractivity (Wildman–Crippen MR) is 58.1 cm³/mol. The number of carbonyl (C=O) groups excluding carboxylic acids is 1. The normalized spacial score (nSPS) is 25.7. The molecule has 15 heavy (non-hydrogen) atoms. The van der Waals surface area contributed by atoms with Gasteiger partial charge in [0.1, 0.15) is 0 Å². The Bertz CT molecular complexity index is 348. The zero-order chi connectivity index (χ0) is 10.8. The maximum absolute atomic E-state index is 11.4. The van der Waals surface area contributed by atoms with E-state index >= 15 is 0 Å². The first kappa shape index (κ1) is 10.1. The molecule has 0 saturated carbocycles. The smallest absolute Gasteiger partial charge is 0.220 e. The van der Waals surface area contributed by atoms with Gasteiger partial charge in [-0.05, 0) is 23.5 Å². The summed E-state index contributed by atoms with van der Waals surface area (Å²) in [6.45, 7) is 4.32. The number of nitrogens with zero attached hydrogens (tertiary/aromatic N) is 1. The maximum Gasteiger partial charge on any atom is 0.220 e. The zero-order valence-corrected chi connectivity index (χ0v) is 9.10. The lowest BCUT2D eigenvalue weighted by molar-refractivity contribution is -0.119. The predicted octanol–water partition coefficient (Wildman–Crippen LogP) is 1.91. The van der Waals surface area contributed by atoms with Gasteiger partial charge in [-0.3, -0.25) is 9.78 Å². The molecule has 1 aromatic heterocycles. The van der Waals surface area contributed by atoms with Crippen LogP contribution in [0.5, 0.6) is 0 Å². The molecule has 2 heterocycles. The fraction of sp³-hybridized carbons (Fsp3) is 0.500. The first-order valence-corrected chi connectivity index (χ1v) is 5.38.